The Labute approximate surface area is 211 Å². The fraction of sp³-hybridized carbons (Fsp3) is 0.385. The summed E-state index contributed by atoms with van der Waals surface area (Å²) in [4.78, 5) is 35.4. The SMILES string of the molecule is CCCN(CCC)CC(=O)Nc1ccc(Nc2ncnc3ccc(NC(=O)C(C)C)cc23)cc1Cl. The molecule has 0 fully saturated rings. The van der Waals surface area contributed by atoms with Gasteiger partial charge in [0.25, 0.3) is 0 Å². The molecule has 0 bridgehead atoms. The van der Waals surface area contributed by atoms with Crippen LogP contribution in [0.3, 0.4) is 0 Å². The van der Waals surface area contributed by atoms with Gasteiger partial charge in [0.15, 0.2) is 0 Å². The number of nitrogens with zero attached hydrogens (tertiary/aromatic N) is 3. The molecule has 186 valence electrons. The normalized spacial score (nSPS) is 11.2. The van der Waals surface area contributed by atoms with Crippen molar-refractivity contribution in [2.24, 2.45) is 5.92 Å². The number of anilines is 4. The summed E-state index contributed by atoms with van der Waals surface area (Å²) in [6.45, 7) is 9.99. The minimum Gasteiger partial charge on any atom is -0.340 e. The second kappa shape index (κ2) is 12.5. The van der Waals surface area contributed by atoms with E-state index in [2.05, 4.69) is 44.7 Å². The molecule has 0 aliphatic heterocycles. The van der Waals surface area contributed by atoms with Crippen molar-refractivity contribution in [1.82, 2.24) is 14.9 Å². The summed E-state index contributed by atoms with van der Waals surface area (Å²) in [7, 11) is 0. The van der Waals surface area contributed by atoms with E-state index in [4.69, 9.17) is 11.6 Å². The number of halogens is 1. The van der Waals surface area contributed by atoms with Gasteiger partial charge in [0, 0.05) is 22.7 Å². The number of benzene rings is 2. The molecule has 3 N–H and O–H groups in total. The molecule has 9 heteroatoms. The first-order valence-electron chi connectivity index (χ1n) is 11.9. The van der Waals surface area contributed by atoms with E-state index in [0.29, 0.717) is 34.4 Å². The van der Waals surface area contributed by atoms with Gasteiger partial charge in [0.2, 0.25) is 11.8 Å². The number of carbonyl (C=O) groups excluding carboxylic acids is 2. The van der Waals surface area contributed by atoms with E-state index in [1.807, 2.05) is 38.1 Å². The molecule has 2 aromatic carbocycles. The largest absolute Gasteiger partial charge is 0.340 e. The molecule has 0 unspecified atom stereocenters. The Morgan fingerprint density at radius 3 is 2.34 bits per heavy atom. The van der Waals surface area contributed by atoms with E-state index in [1.54, 1.807) is 12.1 Å². The summed E-state index contributed by atoms with van der Waals surface area (Å²) in [5.74, 6) is 0.302. The van der Waals surface area contributed by atoms with Crippen molar-refractivity contribution in [3.63, 3.8) is 0 Å². The summed E-state index contributed by atoms with van der Waals surface area (Å²) in [6, 6.07) is 10.8. The van der Waals surface area contributed by atoms with Crippen LogP contribution in [0, 0.1) is 5.92 Å². The van der Waals surface area contributed by atoms with Crippen LogP contribution in [0.15, 0.2) is 42.7 Å². The van der Waals surface area contributed by atoms with Gasteiger partial charge in [0.05, 0.1) is 22.8 Å². The molecule has 0 aliphatic carbocycles. The van der Waals surface area contributed by atoms with Crippen LogP contribution in [0.4, 0.5) is 22.9 Å². The fourth-order valence-corrected chi connectivity index (χ4v) is 3.87. The Morgan fingerprint density at radius 1 is 0.971 bits per heavy atom. The Bertz CT molecular complexity index is 1180. The van der Waals surface area contributed by atoms with Gasteiger partial charge in [-0.15, -0.1) is 0 Å². The molecule has 3 aromatic rings. The van der Waals surface area contributed by atoms with E-state index >= 15 is 0 Å². The fourth-order valence-electron chi connectivity index (χ4n) is 3.65. The van der Waals surface area contributed by atoms with E-state index < -0.39 is 0 Å². The number of rotatable bonds is 11. The third-order valence-corrected chi connectivity index (χ3v) is 5.69. The second-order valence-corrected chi connectivity index (χ2v) is 9.15. The Balaban J connectivity index is 1.75. The van der Waals surface area contributed by atoms with Crippen LogP contribution in [0.1, 0.15) is 40.5 Å². The molecule has 0 saturated heterocycles. The number of amides is 2. The minimum absolute atomic E-state index is 0.0624. The first kappa shape index (κ1) is 26.4. The van der Waals surface area contributed by atoms with Crippen LogP contribution in [0.25, 0.3) is 10.9 Å². The van der Waals surface area contributed by atoms with E-state index in [-0.39, 0.29) is 17.7 Å². The molecule has 0 radical (unpaired) electrons. The molecule has 8 nitrogen and oxygen atoms in total. The van der Waals surface area contributed by atoms with Gasteiger partial charge in [-0.3, -0.25) is 14.5 Å². The summed E-state index contributed by atoms with van der Waals surface area (Å²) >= 11 is 6.48. The van der Waals surface area contributed by atoms with Gasteiger partial charge < -0.3 is 16.0 Å². The van der Waals surface area contributed by atoms with Gasteiger partial charge in [-0.1, -0.05) is 39.3 Å². The number of carbonyl (C=O) groups is 2. The van der Waals surface area contributed by atoms with Crippen LogP contribution < -0.4 is 16.0 Å². The molecule has 35 heavy (non-hydrogen) atoms. The van der Waals surface area contributed by atoms with Gasteiger partial charge in [-0.05, 0) is 62.3 Å². The predicted molar refractivity (Wildman–Crippen MR) is 143 cm³/mol. The average molecular weight is 497 g/mol. The smallest absolute Gasteiger partial charge is 0.238 e. The first-order chi connectivity index (χ1) is 16.8. The highest BCUT2D eigenvalue weighted by Crippen LogP contribution is 2.30. The molecule has 0 atom stereocenters. The maximum absolute atomic E-state index is 12.5. The standard InChI is InChI=1S/C26H33ClN6O2/c1-5-11-33(12-6-2)15-24(34)32-23-10-8-19(14-21(23)27)30-25-20-13-18(31-26(35)17(3)4)7-9-22(20)28-16-29-25/h7-10,13-14,16-17H,5-6,11-12,15H2,1-4H3,(H,31,35)(H,32,34)(H,28,29,30). The summed E-state index contributed by atoms with van der Waals surface area (Å²) in [6.07, 6.45) is 3.47. The zero-order chi connectivity index (χ0) is 25.4. The van der Waals surface area contributed by atoms with E-state index in [9.17, 15) is 9.59 Å². The van der Waals surface area contributed by atoms with Gasteiger partial charge in [-0.25, -0.2) is 9.97 Å². The third kappa shape index (κ3) is 7.37. The topological polar surface area (TPSA) is 99.2 Å². The highest BCUT2D eigenvalue weighted by Gasteiger charge is 2.13. The van der Waals surface area contributed by atoms with E-state index in [1.165, 1.54) is 6.33 Å². The maximum atomic E-state index is 12.5. The van der Waals surface area contributed by atoms with Gasteiger partial charge in [0.1, 0.15) is 12.1 Å². The molecule has 2 amide bonds. The summed E-state index contributed by atoms with van der Waals surface area (Å²) in [5.41, 5.74) is 2.68. The highest BCUT2D eigenvalue weighted by molar-refractivity contribution is 6.34. The lowest BCUT2D eigenvalue weighted by molar-refractivity contribution is -0.119. The van der Waals surface area contributed by atoms with Gasteiger partial charge >= 0.3 is 0 Å². The van der Waals surface area contributed by atoms with Crippen molar-refractivity contribution in [1.29, 1.82) is 0 Å². The molecule has 3 rings (SSSR count). The quantitative estimate of drug-likeness (QED) is 0.316. The van der Waals surface area contributed by atoms with Gasteiger partial charge in [-0.2, -0.15) is 0 Å². The average Bonchev–Trinajstić information content (AvgIpc) is 2.81. The molecule has 1 aromatic heterocycles. The highest BCUT2D eigenvalue weighted by atomic mass is 35.5. The Hall–Kier alpha value is -3.23. The predicted octanol–water partition coefficient (Wildman–Crippen LogP) is 5.68. The molecule has 0 saturated carbocycles. The lowest BCUT2D eigenvalue weighted by Gasteiger charge is -2.20. The van der Waals surface area contributed by atoms with Crippen LogP contribution in [-0.2, 0) is 9.59 Å². The van der Waals surface area contributed by atoms with Crippen molar-refractivity contribution in [3.05, 3.63) is 47.7 Å². The zero-order valence-corrected chi connectivity index (χ0v) is 21.4. The van der Waals surface area contributed by atoms with Crippen molar-refractivity contribution in [3.8, 4) is 0 Å². The molecule has 0 spiro atoms. The zero-order valence-electron chi connectivity index (χ0n) is 20.7. The maximum Gasteiger partial charge on any atom is 0.238 e. The first-order valence-corrected chi connectivity index (χ1v) is 12.3. The van der Waals surface area contributed by atoms with Crippen LogP contribution in [-0.4, -0.2) is 46.3 Å². The Kier molecular flexibility index (Phi) is 9.39. The molecule has 0 aliphatic rings. The molecular weight excluding hydrogens is 464 g/mol. The minimum atomic E-state index is -0.127. The number of fused-ring (bicyclic) bond motifs is 1. The van der Waals surface area contributed by atoms with Crippen molar-refractivity contribution < 1.29 is 9.59 Å². The van der Waals surface area contributed by atoms with Crippen molar-refractivity contribution in [2.75, 3.05) is 35.6 Å². The lowest BCUT2D eigenvalue weighted by atomic mass is 10.1. The molecular formula is C26H33ClN6O2. The van der Waals surface area contributed by atoms with Crippen LogP contribution >= 0.6 is 11.6 Å². The van der Waals surface area contributed by atoms with Crippen LogP contribution in [0.5, 0.6) is 0 Å². The lowest BCUT2D eigenvalue weighted by Crippen LogP contribution is -2.34. The Morgan fingerprint density at radius 2 is 1.69 bits per heavy atom. The number of hydrogen-bond donors (Lipinski definition) is 3. The van der Waals surface area contributed by atoms with Crippen LogP contribution in [0.2, 0.25) is 5.02 Å². The number of hydrogen-bond acceptors (Lipinski definition) is 6. The van der Waals surface area contributed by atoms with Crippen molar-refractivity contribution >= 4 is 57.2 Å². The number of aromatic nitrogens is 2. The summed E-state index contributed by atoms with van der Waals surface area (Å²) < 4.78 is 0. The van der Waals surface area contributed by atoms with Crippen molar-refractivity contribution in [2.45, 2.75) is 40.5 Å². The summed E-state index contributed by atoms with van der Waals surface area (Å²) in [5, 5.41) is 10.3. The molecule has 1 heterocycles. The van der Waals surface area contributed by atoms with E-state index in [0.717, 1.165) is 36.8 Å². The second-order valence-electron chi connectivity index (χ2n) is 8.74. The monoisotopic (exact) mass is 496 g/mol. The number of nitrogens with one attached hydrogen (secondary N) is 3. The third-order valence-electron chi connectivity index (χ3n) is 5.38.